The molecule has 100 valence electrons. The molecular formula is C13H14ClN3O2. The Morgan fingerprint density at radius 2 is 2.37 bits per heavy atom. The van der Waals surface area contributed by atoms with E-state index in [1.807, 2.05) is 6.07 Å². The number of nitrogens with one attached hydrogen (secondary N) is 1. The average molecular weight is 280 g/mol. The molecule has 1 aromatic heterocycles. The topological polar surface area (TPSA) is 60.2 Å². The molecule has 1 aromatic carbocycles. The minimum absolute atomic E-state index is 0.305. The maximum Gasteiger partial charge on any atom is 0.231 e. The highest BCUT2D eigenvalue weighted by molar-refractivity contribution is 6.30. The monoisotopic (exact) mass is 279 g/mol. The summed E-state index contributed by atoms with van der Waals surface area (Å²) in [6.07, 6.45) is 1.03. The first kappa shape index (κ1) is 12.4. The van der Waals surface area contributed by atoms with Gasteiger partial charge in [0.1, 0.15) is 5.75 Å². The van der Waals surface area contributed by atoms with Gasteiger partial charge in [0.15, 0.2) is 0 Å². The van der Waals surface area contributed by atoms with E-state index >= 15 is 0 Å². The van der Waals surface area contributed by atoms with Crippen LogP contribution in [0.25, 0.3) is 11.4 Å². The lowest BCUT2D eigenvalue weighted by Gasteiger charge is -2.04. The normalized spacial score (nSPS) is 18.7. The van der Waals surface area contributed by atoms with Gasteiger partial charge >= 0.3 is 0 Å². The highest BCUT2D eigenvalue weighted by Crippen LogP contribution is 2.31. The molecule has 1 fully saturated rings. The molecule has 0 bridgehead atoms. The third-order valence-corrected chi connectivity index (χ3v) is 3.49. The van der Waals surface area contributed by atoms with E-state index in [9.17, 15) is 0 Å². The molecule has 1 aliphatic rings. The van der Waals surface area contributed by atoms with E-state index in [1.165, 1.54) is 0 Å². The number of methoxy groups -OCH3 is 1. The van der Waals surface area contributed by atoms with Crippen molar-refractivity contribution in [2.45, 2.75) is 12.3 Å². The summed E-state index contributed by atoms with van der Waals surface area (Å²) in [4.78, 5) is 4.46. The molecule has 1 saturated heterocycles. The van der Waals surface area contributed by atoms with Crippen molar-refractivity contribution in [1.29, 1.82) is 0 Å². The Hall–Kier alpha value is -1.59. The molecule has 1 atom stereocenters. The van der Waals surface area contributed by atoms with Crippen molar-refractivity contribution in [2.24, 2.45) is 0 Å². The minimum Gasteiger partial charge on any atom is -0.496 e. The molecule has 19 heavy (non-hydrogen) atoms. The molecule has 0 radical (unpaired) electrons. The molecule has 2 aromatic rings. The van der Waals surface area contributed by atoms with Gasteiger partial charge < -0.3 is 14.6 Å². The standard InChI is InChI=1S/C13H14ClN3O2/c1-18-11-6-9(14)2-3-10(11)12-16-13(19-17-12)8-4-5-15-7-8/h2-3,6,8,15H,4-5,7H2,1H3. The zero-order valence-electron chi connectivity index (χ0n) is 10.5. The van der Waals surface area contributed by atoms with Gasteiger partial charge in [0, 0.05) is 11.6 Å². The van der Waals surface area contributed by atoms with Crippen molar-refractivity contribution >= 4 is 11.6 Å². The third-order valence-electron chi connectivity index (χ3n) is 3.26. The van der Waals surface area contributed by atoms with E-state index < -0.39 is 0 Å². The van der Waals surface area contributed by atoms with E-state index in [0.717, 1.165) is 25.1 Å². The van der Waals surface area contributed by atoms with Crippen LogP contribution in [0.4, 0.5) is 0 Å². The first-order valence-electron chi connectivity index (χ1n) is 6.16. The van der Waals surface area contributed by atoms with Crippen LogP contribution in [0.5, 0.6) is 5.75 Å². The van der Waals surface area contributed by atoms with Crippen LogP contribution in [0.15, 0.2) is 22.7 Å². The van der Waals surface area contributed by atoms with Gasteiger partial charge in [0.25, 0.3) is 0 Å². The largest absolute Gasteiger partial charge is 0.496 e. The van der Waals surface area contributed by atoms with Gasteiger partial charge in [-0.3, -0.25) is 0 Å². The van der Waals surface area contributed by atoms with E-state index in [4.69, 9.17) is 20.9 Å². The van der Waals surface area contributed by atoms with Crippen molar-refractivity contribution in [3.05, 3.63) is 29.1 Å². The number of aromatic nitrogens is 2. The second-order valence-corrected chi connectivity index (χ2v) is 4.93. The molecule has 3 rings (SSSR count). The van der Waals surface area contributed by atoms with Crippen LogP contribution >= 0.6 is 11.6 Å². The van der Waals surface area contributed by atoms with Crippen LogP contribution in [0.3, 0.4) is 0 Å². The first-order chi connectivity index (χ1) is 9.28. The van der Waals surface area contributed by atoms with Gasteiger partial charge in [-0.05, 0) is 31.2 Å². The lowest BCUT2D eigenvalue weighted by atomic mass is 10.1. The number of benzene rings is 1. The summed E-state index contributed by atoms with van der Waals surface area (Å²) in [6.45, 7) is 1.88. The van der Waals surface area contributed by atoms with Crippen LogP contribution in [-0.2, 0) is 0 Å². The Bertz CT molecular complexity index is 579. The molecule has 0 amide bonds. The van der Waals surface area contributed by atoms with Gasteiger partial charge in [0.2, 0.25) is 11.7 Å². The van der Waals surface area contributed by atoms with E-state index in [0.29, 0.717) is 28.4 Å². The maximum absolute atomic E-state index is 5.94. The van der Waals surface area contributed by atoms with Gasteiger partial charge in [-0.2, -0.15) is 4.98 Å². The quantitative estimate of drug-likeness (QED) is 0.935. The summed E-state index contributed by atoms with van der Waals surface area (Å²) in [5.74, 6) is 2.16. The number of ether oxygens (including phenoxy) is 1. The maximum atomic E-state index is 5.94. The van der Waals surface area contributed by atoms with Crippen LogP contribution in [0, 0.1) is 0 Å². The summed E-state index contributed by atoms with van der Waals surface area (Å²) in [7, 11) is 1.59. The number of halogens is 1. The first-order valence-corrected chi connectivity index (χ1v) is 6.54. The Morgan fingerprint density at radius 1 is 1.47 bits per heavy atom. The Morgan fingerprint density at radius 3 is 3.11 bits per heavy atom. The Kier molecular flexibility index (Phi) is 3.40. The number of hydrogen-bond donors (Lipinski definition) is 1. The number of hydrogen-bond acceptors (Lipinski definition) is 5. The molecule has 2 heterocycles. The molecule has 0 saturated carbocycles. The second kappa shape index (κ2) is 5.19. The summed E-state index contributed by atoms with van der Waals surface area (Å²) in [5, 5.41) is 7.93. The summed E-state index contributed by atoms with van der Waals surface area (Å²) >= 11 is 5.94. The predicted octanol–water partition coefficient (Wildman–Crippen LogP) is 2.48. The van der Waals surface area contributed by atoms with Crippen LogP contribution < -0.4 is 10.1 Å². The van der Waals surface area contributed by atoms with E-state index in [2.05, 4.69) is 15.5 Å². The third kappa shape index (κ3) is 2.43. The minimum atomic E-state index is 0.305. The number of rotatable bonds is 3. The summed E-state index contributed by atoms with van der Waals surface area (Å²) in [5.41, 5.74) is 0.785. The fourth-order valence-corrected chi connectivity index (χ4v) is 2.39. The lowest BCUT2D eigenvalue weighted by molar-refractivity contribution is 0.359. The lowest BCUT2D eigenvalue weighted by Crippen LogP contribution is -2.08. The molecule has 1 aliphatic heterocycles. The van der Waals surface area contributed by atoms with Gasteiger partial charge in [-0.25, -0.2) is 0 Å². The summed E-state index contributed by atoms with van der Waals surface area (Å²) in [6, 6.07) is 5.36. The molecule has 0 aliphatic carbocycles. The van der Waals surface area contributed by atoms with E-state index in [-0.39, 0.29) is 0 Å². The van der Waals surface area contributed by atoms with Crippen molar-refractivity contribution in [3.63, 3.8) is 0 Å². The molecule has 6 heteroatoms. The van der Waals surface area contributed by atoms with Crippen LogP contribution in [0.2, 0.25) is 5.02 Å². The predicted molar refractivity (Wildman–Crippen MR) is 71.5 cm³/mol. The smallest absolute Gasteiger partial charge is 0.231 e. The Balaban J connectivity index is 1.93. The van der Waals surface area contributed by atoms with Crippen molar-refractivity contribution in [1.82, 2.24) is 15.5 Å². The average Bonchev–Trinajstić information content (AvgIpc) is 3.09. The highest BCUT2D eigenvalue weighted by Gasteiger charge is 2.23. The van der Waals surface area contributed by atoms with Crippen molar-refractivity contribution < 1.29 is 9.26 Å². The SMILES string of the molecule is COc1cc(Cl)ccc1-c1noc(C2CCNC2)n1. The van der Waals surface area contributed by atoms with Crippen LogP contribution in [-0.4, -0.2) is 30.3 Å². The van der Waals surface area contributed by atoms with Crippen LogP contribution in [0.1, 0.15) is 18.2 Å². The molecular weight excluding hydrogens is 266 g/mol. The molecule has 0 spiro atoms. The van der Waals surface area contributed by atoms with Gasteiger partial charge in [-0.15, -0.1) is 0 Å². The van der Waals surface area contributed by atoms with Gasteiger partial charge in [-0.1, -0.05) is 16.8 Å². The Labute approximate surface area is 115 Å². The molecule has 1 unspecified atom stereocenters. The molecule has 5 nitrogen and oxygen atoms in total. The zero-order chi connectivity index (χ0) is 13.2. The van der Waals surface area contributed by atoms with Crippen molar-refractivity contribution in [2.75, 3.05) is 20.2 Å². The van der Waals surface area contributed by atoms with Crippen molar-refractivity contribution in [3.8, 4) is 17.1 Å². The summed E-state index contributed by atoms with van der Waals surface area (Å²) < 4.78 is 10.6. The fraction of sp³-hybridized carbons (Fsp3) is 0.385. The fourth-order valence-electron chi connectivity index (χ4n) is 2.23. The zero-order valence-corrected chi connectivity index (χ0v) is 11.3. The highest BCUT2D eigenvalue weighted by atomic mass is 35.5. The van der Waals surface area contributed by atoms with Gasteiger partial charge in [0.05, 0.1) is 18.6 Å². The number of nitrogens with zero attached hydrogens (tertiary/aromatic N) is 2. The second-order valence-electron chi connectivity index (χ2n) is 4.49. The van der Waals surface area contributed by atoms with E-state index in [1.54, 1.807) is 19.2 Å². The molecule has 1 N–H and O–H groups in total.